The second-order valence-corrected chi connectivity index (χ2v) is 11.2. The normalized spacial score (nSPS) is 15.8. The Morgan fingerprint density at radius 1 is 1.02 bits per heavy atom. The van der Waals surface area contributed by atoms with E-state index < -0.39 is 6.43 Å². The molecule has 4 aromatic rings. The van der Waals surface area contributed by atoms with Gasteiger partial charge in [0, 0.05) is 62.1 Å². The zero-order valence-electron chi connectivity index (χ0n) is 24.7. The highest BCUT2D eigenvalue weighted by atomic mass is 19.3. The van der Waals surface area contributed by atoms with Crippen molar-refractivity contribution in [3.05, 3.63) is 72.3 Å². The number of carbonyl (C=O) groups is 1. The van der Waals surface area contributed by atoms with Gasteiger partial charge in [0.1, 0.15) is 18.0 Å². The van der Waals surface area contributed by atoms with Gasteiger partial charge >= 0.3 is 0 Å². The van der Waals surface area contributed by atoms with E-state index in [2.05, 4.69) is 55.8 Å². The highest BCUT2D eigenvalue weighted by Gasteiger charge is 2.22. The fraction of sp³-hybridized carbons (Fsp3) is 0.406. The number of pyridine rings is 2. The molecule has 0 aliphatic carbocycles. The van der Waals surface area contributed by atoms with Crippen LogP contribution in [0.3, 0.4) is 0 Å². The topological polar surface area (TPSA) is 108 Å². The first-order valence-corrected chi connectivity index (χ1v) is 14.7. The first kappa shape index (κ1) is 30.2. The lowest BCUT2D eigenvalue weighted by Crippen LogP contribution is -2.41. The third kappa shape index (κ3) is 7.40. The molecule has 1 saturated heterocycles. The molecule has 5 rings (SSSR count). The molecule has 1 fully saturated rings. The van der Waals surface area contributed by atoms with E-state index in [1.54, 1.807) is 31.8 Å². The predicted molar refractivity (Wildman–Crippen MR) is 166 cm³/mol. The number of amides is 1. The van der Waals surface area contributed by atoms with E-state index >= 15 is 0 Å². The Morgan fingerprint density at radius 2 is 1.84 bits per heavy atom. The van der Waals surface area contributed by atoms with Crippen LogP contribution in [0.4, 0.5) is 20.4 Å². The van der Waals surface area contributed by atoms with Crippen molar-refractivity contribution in [1.82, 2.24) is 30.2 Å². The first-order valence-electron chi connectivity index (χ1n) is 14.7. The van der Waals surface area contributed by atoms with Gasteiger partial charge in [-0.1, -0.05) is 32.0 Å². The van der Waals surface area contributed by atoms with Crippen molar-refractivity contribution in [2.75, 3.05) is 43.9 Å². The van der Waals surface area contributed by atoms with Gasteiger partial charge in [-0.15, -0.1) is 0 Å². The molecule has 0 saturated carbocycles. The molecule has 43 heavy (non-hydrogen) atoms. The molecule has 0 radical (unpaired) electrons. The molecule has 226 valence electrons. The number of nitrogens with zero attached hydrogens (tertiary/aromatic N) is 5. The van der Waals surface area contributed by atoms with Gasteiger partial charge in [0.2, 0.25) is 0 Å². The highest BCUT2D eigenvalue weighted by Crippen LogP contribution is 2.31. The molecular formula is C32H38F2N8O. The number of fused-ring (bicyclic) bond motifs is 1. The number of hydrogen-bond donors (Lipinski definition) is 3. The average Bonchev–Trinajstić information content (AvgIpc) is 3.03. The van der Waals surface area contributed by atoms with Crippen LogP contribution >= 0.6 is 0 Å². The van der Waals surface area contributed by atoms with Crippen LogP contribution in [0.15, 0.2) is 61.2 Å². The smallest absolute Gasteiger partial charge is 0.251 e. The molecule has 4 heterocycles. The Morgan fingerprint density at radius 3 is 2.56 bits per heavy atom. The van der Waals surface area contributed by atoms with Gasteiger partial charge in [0.15, 0.2) is 0 Å². The van der Waals surface area contributed by atoms with E-state index in [9.17, 15) is 13.6 Å². The molecule has 0 spiro atoms. The Balaban J connectivity index is 1.19. The summed E-state index contributed by atoms with van der Waals surface area (Å²) in [6.07, 6.45) is 4.34. The van der Waals surface area contributed by atoms with Crippen molar-refractivity contribution in [2.24, 2.45) is 5.92 Å². The monoisotopic (exact) mass is 588 g/mol. The second kappa shape index (κ2) is 13.8. The zero-order chi connectivity index (χ0) is 30.3. The number of aromatic nitrogens is 4. The molecule has 1 aliphatic rings. The van der Waals surface area contributed by atoms with Gasteiger partial charge in [-0.05, 0) is 48.4 Å². The van der Waals surface area contributed by atoms with Gasteiger partial charge in [-0.3, -0.25) is 14.7 Å². The summed E-state index contributed by atoms with van der Waals surface area (Å²) in [5.74, 6) is 1.77. The van der Waals surface area contributed by atoms with E-state index in [4.69, 9.17) is 0 Å². The number of rotatable bonds is 11. The number of alkyl halides is 2. The van der Waals surface area contributed by atoms with Gasteiger partial charge in [-0.25, -0.2) is 23.7 Å². The van der Waals surface area contributed by atoms with E-state index in [0.717, 1.165) is 52.2 Å². The zero-order valence-corrected chi connectivity index (χ0v) is 24.7. The summed E-state index contributed by atoms with van der Waals surface area (Å²) in [5, 5.41) is 10.4. The molecule has 1 aromatic carbocycles. The molecular weight excluding hydrogens is 550 g/mol. The molecule has 0 bridgehead atoms. The van der Waals surface area contributed by atoms with E-state index in [0.29, 0.717) is 25.2 Å². The Hall–Kier alpha value is -4.25. The Bertz CT molecular complexity index is 1530. The average molecular weight is 589 g/mol. The molecule has 9 nitrogen and oxygen atoms in total. The minimum Gasteiger partial charge on any atom is -0.370 e. The summed E-state index contributed by atoms with van der Waals surface area (Å²) in [6, 6.07) is 13.8. The van der Waals surface area contributed by atoms with Crippen LogP contribution in [0, 0.1) is 5.92 Å². The number of nitrogens with one attached hydrogen (secondary N) is 3. The largest absolute Gasteiger partial charge is 0.370 e. The van der Waals surface area contributed by atoms with Gasteiger partial charge in [0.25, 0.3) is 12.3 Å². The summed E-state index contributed by atoms with van der Waals surface area (Å²) < 4.78 is 25.3. The van der Waals surface area contributed by atoms with Crippen molar-refractivity contribution in [2.45, 2.75) is 45.1 Å². The molecule has 1 unspecified atom stereocenters. The number of likely N-dealkylation sites (tertiary alicyclic amines) is 1. The minimum atomic E-state index is -2.29. The maximum absolute atomic E-state index is 12.6. The van der Waals surface area contributed by atoms with Crippen LogP contribution in [-0.2, 0) is 0 Å². The van der Waals surface area contributed by atoms with Crippen LogP contribution in [0.2, 0.25) is 0 Å². The standard InChI is InChI=1S/C32H38F2N8O/c1-20(21(2)24-5-4-6-25-26(32(43)35-3)9-12-36-31(24)25)16-37-30-15-27(39-19-40-30)22-7-8-29(38-17-22)41-23-10-13-42(14-11-23)18-28(33)34/h4-9,12,15,17,19-21,23,28H,10-11,13-14,16,18H2,1-3H3,(H,35,43)(H,38,41)(H,37,39,40)/t20-,21?/m1/s1. The summed E-state index contributed by atoms with van der Waals surface area (Å²) in [6.45, 7) is 6.20. The van der Waals surface area contributed by atoms with E-state index in [1.165, 1.54) is 0 Å². The van der Waals surface area contributed by atoms with Crippen molar-refractivity contribution >= 4 is 28.4 Å². The number of halogens is 2. The van der Waals surface area contributed by atoms with E-state index in [1.807, 2.05) is 35.2 Å². The lowest BCUT2D eigenvalue weighted by molar-refractivity contribution is 0.0769. The molecule has 3 N–H and O–H groups in total. The van der Waals surface area contributed by atoms with Gasteiger partial charge < -0.3 is 16.0 Å². The Labute approximate surface area is 250 Å². The van der Waals surface area contributed by atoms with Crippen LogP contribution in [0.1, 0.15) is 48.5 Å². The second-order valence-electron chi connectivity index (χ2n) is 11.2. The first-order chi connectivity index (χ1) is 20.8. The quantitative estimate of drug-likeness (QED) is 0.213. The van der Waals surface area contributed by atoms with Crippen molar-refractivity contribution in [3.8, 4) is 11.3 Å². The number of piperidine rings is 1. The van der Waals surface area contributed by atoms with E-state index in [-0.39, 0.29) is 30.3 Å². The number of anilines is 2. The highest BCUT2D eigenvalue weighted by molar-refractivity contribution is 6.06. The minimum absolute atomic E-state index is 0.127. The van der Waals surface area contributed by atoms with Gasteiger partial charge in [0.05, 0.1) is 23.3 Å². The predicted octanol–water partition coefficient (Wildman–Crippen LogP) is 5.44. The van der Waals surface area contributed by atoms with Crippen molar-refractivity contribution in [1.29, 1.82) is 0 Å². The Kier molecular flexibility index (Phi) is 9.71. The number of para-hydroxylation sites is 1. The van der Waals surface area contributed by atoms with Crippen LogP contribution in [0.25, 0.3) is 22.2 Å². The summed E-state index contributed by atoms with van der Waals surface area (Å²) in [5.41, 5.74) is 4.19. The van der Waals surface area contributed by atoms with Crippen molar-refractivity contribution < 1.29 is 13.6 Å². The fourth-order valence-corrected chi connectivity index (χ4v) is 5.55. The molecule has 1 amide bonds. The van der Waals surface area contributed by atoms with Gasteiger partial charge in [-0.2, -0.15) is 0 Å². The number of benzene rings is 1. The van der Waals surface area contributed by atoms with Crippen LogP contribution in [-0.4, -0.2) is 76.4 Å². The number of hydrogen-bond acceptors (Lipinski definition) is 8. The molecule has 3 aromatic heterocycles. The summed E-state index contributed by atoms with van der Waals surface area (Å²) in [7, 11) is 1.63. The molecule has 2 atom stereocenters. The molecule has 11 heteroatoms. The maximum atomic E-state index is 12.6. The SMILES string of the molecule is CNC(=O)c1ccnc2c(C(C)[C@H](C)CNc3cc(-c4ccc(NC5CCN(CC(F)F)CC5)nc4)ncn3)cccc12. The van der Waals surface area contributed by atoms with Crippen LogP contribution in [0.5, 0.6) is 0 Å². The number of carbonyl (C=O) groups excluding carboxylic acids is 1. The molecule has 1 aliphatic heterocycles. The van der Waals surface area contributed by atoms with Crippen LogP contribution < -0.4 is 16.0 Å². The third-order valence-corrected chi connectivity index (χ3v) is 8.29. The lowest BCUT2D eigenvalue weighted by Gasteiger charge is -2.32. The maximum Gasteiger partial charge on any atom is 0.251 e. The third-order valence-electron chi connectivity index (χ3n) is 8.29. The fourth-order valence-electron chi connectivity index (χ4n) is 5.55. The lowest BCUT2D eigenvalue weighted by atomic mass is 9.87. The summed E-state index contributed by atoms with van der Waals surface area (Å²) >= 11 is 0. The van der Waals surface area contributed by atoms with Crippen molar-refractivity contribution in [3.63, 3.8) is 0 Å². The summed E-state index contributed by atoms with van der Waals surface area (Å²) in [4.78, 5) is 32.2.